The number of nitrogens with one attached hydrogen (secondary N) is 2. The number of amides is 1. The average Bonchev–Trinajstić information content (AvgIpc) is 3.12. The molecule has 0 spiro atoms. The fraction of sp³-hybridized carbons (Fsp3) is 0.545. The molecule has 1 unspecified atom stereocenters. The molecule has 7 nitrogen and oxygen atoms in total. The van der Waals surface area contributed by atoms with Crippen LogP contribution in [0, 0.1) is 0 Å². The summed E-state index contributed by atoms with van der Waals surface area (Å²) in [4.78, 5) is 23.4. The summed E-state index contributed by atoms with van der Waals surface area (Å²) in [5.41, 5.74) is 5.80. The Kier molecular flexibility index (Phi) is 3.89. The molecule has 0 saturated heterocycles. The SMILES string of the molecule is COC(=O)c1c(N)nsc1NC(C)C(=O)NC1CC1. The lowest BCUT2D eigenvalue weighted by Crippen LogP contribution is -2.38. The van der Waals surface area contributed by atoms with Crippen LogP contribution in [-0.4, -0.2) is 35.4 Å². The highest BCUT2D eigenvalue weighted by Crippen LogP contribution is 2.28. The first kappa shape index (κ1) is 13.6. The predicted octanol–water partition coefficient (Wildman–Crippen LogP) is 0.591. The molecule has 1 fully saturated rings. The fourth-order valence-electron chi connectivity index (χ4n) is 1.52. The quantitative estimate of drug-likeness (QED) is 0.683. The number of nitrogens with two attached hydrogens (primary N) is 1. The third kappa shape index (κ3) is 3.14. The normalized spacial score (nSPS) is 15.7. The van der Waals surface area contributed by atoms with E-state index in [0.29, 0.717) is 11.0 Å². The highest BCUT2D eigenvalue weighted by molar-refractivity contribution is 7.11. The molecular weight excluding hydrogens is 268 g/mol. The van der Waals surface area contributed by atoms with Crippen molar-refractivity contribution in [2.45, 2.75) is 31.8 Å². The van der Waals surface area contributed by atoms with Gasteiger partial charge >= 0.3 is 5.97 Å². The second-order valence-electron chi connectivity index (χ2n) is 4.41. The first-order valence-electron chi connectivity index (χ1n) is 5.93. The van der Waals surface area contributed by atoms with E-state index in [2.05, 4.69) is 19.7 Å². The van der Waals surface area contributed by atoms with Crippen LogP contribution in [0.4, 0.5) is 10.8 Å². The number of esters is 1. The molecule has 1 aromatic rings. The summed E-state index contributed by atoms with van der Waals surface area (Å²) >= 11 is 1.03. The average molecular weight is 284 g/mol. The Hall–Kier alpha value is -1.83. The van der Waals surface area contributed by atoms with Crippen LogP contribution >= 0.6 is 11.5 Å². The molecule has 0 aliphatic heterocycles. The molecule has 2 rings (SSSR count). The molecule has 1 atom stereocenters. The number of aromatic nitrogens is 1. The summed E-state index contributed by atoms with van der Waals surface area (Å²) in [5, 5.41) is 6.27. The zero-order valence-corrected chi connectivity index (χ0v) is 11.5. The van der Waals surface area contributed by atoms with Gasteiger partial charge in [-0.25, -0.2) is 4.79 Å². The Morgan fingerprint density at radius 2 is 2.21 bits per heavy atom. The van der Waals surface area contributed by atoms with Gasteiger partial charge in [0.25, 0.3) is 0 Å². The van der Waals surface area contributed by atoms with Crippen molar-refractivity contribution in [3.05, 3.63) is 5.56 Å². The van der Waals surface area contributed by atoms with Crippen molar-refractivity contribution in [2.75, 3.05) is 18.2 Å². The Labute approximate surface area is 114 Å². The van der Waals surface area contributed by atoms with Crippen molar-refractivity contribution in [3.63, 3.8) is 0 Å². The molecule has 104 valence electrons. The summed E-state index contributed by atoms with van der Waals surface area (Å²) in [5.74, 6) is -0.567. The van der Waals surface area contributed by atoms with Crippen molar-refractivity contribution in [1.29, 1.82) is 0 Å². The van der Waals surface area contributed by atoms with Gasteiger partial charge < -0.3 is 21.1 Å². The summed E-state index contributed by atoms with van der Waals surface area (Å²) in [6.45, 7) is 1.72. The zero-order chi connectivity index (χ0) is 14.0. The highest BCUT2D eigenvalue weighted by atomic mass is 32.1. The Balaban J connectivity index is 2.05. The number of hydrogen-bond acceptors (Lipinski definition) is 7. The number of hydrogen-bond donors (Lipinski definition) is 3. The summed E-state index contributed by atoms with van der Waals surface area (Å²) in [6, 6.07) is -0.174. The molecule has 19 heavy (non-hydrogen) atoms. The van der Waals surface area contributed by atoms with Gasteiger partial charge in [-0.05, 0) is 31.3 Å². The minimum Gasteiger partial charge on any atom is -0.465 e. The van der Waals surface area contributed by atoms with E-state index >= 15 is 0 Å². The van der Waals surface area contributed by atoms with Gasteiger partial charge in [0.2, 0.25) is 5.91 Å². The standard InChI is InChI=1S/C11H16N4O3S/c1-5(9(16)14-6-3-4-6)13-10-7(11(17)18-2)8(12)15-19-10/h5-6,13H,3-4H2,1-2H3,(H2,12,15)(H,14,16). The van der Waals surface area contributed by atoms with Crippen LogP contribution in [0.15, 0.2) is 0 Å². The maximum absolute atomic E-state index is 11.8. The third-order valence-corrected chi connectivity index (χ3v) is 3.57. The van der Waals surface area contributed by atoms with Crippen molar-refractivity contribution < 1.29 is 14.3 Å². The second kappa shape index (κ2) is 5.43. The van der Waals surface area contributed by atoms with E-state index in [-0.39, 0.29) is 17.3 Å². The van der Waals surface area contributed by atoms with E-state index in [0.717, 1.165) is 24.4 Å². The van der Waals surface area contributed by atoms with E-state index in [4.69, 9.17) is 5.73 Å². The van der Waals surface area contributed by atoms with Crippen LogP contribution in [0.5, 0.6) is 0 Å². The molecule has 4 N–H and O–H groups in total. The van der Waals surface area contributed by atoms with Crippen LogP contribution in [0.2, 0.25) is 0 Å². The number of carbonyl (C=O) groups excluding carboxylic acids is 2. The lowest BCUT2D eigenvalue weighted by molar-refractivity contribution is -0.121. The van der Waals surface area contributed by atoms with E-state index < -0.39 is 12.0 Å². The fourth-order valence-corrected chi connectivity index (χ4v) is 2.31. The van der Waals surface area contributed by atoms with Crippen molar-refractivity contribution in [2.24, 2.45) is 0 Å². The van der Waals surface area contributed by atoms with Crippen molar-refractivity contribution >= 4 is 34.2 Å². The highest BCUT2D eigenvalue weighted by Gasteiger charge is 2.27. The number of methoxy groups -OCH3 is 1. The van der Waals surface area contributed by atoms with Gasteiger partial charge in [0.05, 0.1) is 7.11 Å². The number of anilines is 2. The lowest BCUT2D eigenvalue weighted by Gasteiger charge is -2.14. The number of ether oxygens (including phenoxy) is 1. The van der Waals surface area contributed by atoms with E-state index in [1.807, 2.05) is 0 Å². The van der Waals surface area contributed by atoms with Gasteiger partial charge in [0, 0.05) is 6.04 Å². The first-order chi connectivity index (χ1) is 9.02. The van der Waals surface area contributed by atoms with Crippen LogP contribution < -0.4 is 16.4 Å². The minimum absolute atomic E-state index is 0.106. The molecule has 1 amide bonds. The molecule has 0 radical (unpaired) electrons. The molecular formula is C11H16N4O3S. The van der Waals surface area contributed by atoms with E-state index in [1.54, 1.807) is 6.92 Å². The molecule has 1 aliphatic carbocycles. The monoisotopic (exact) mass is 284 g/mol. The second-order valence-corrected chi connectivity index (χ2v) is 5.19. The van der Waals surface area contributed by atoms with Crippen molar-refractivity contribution in [1.82, 2.24) is 9.69 Å². The van der Waals surface area contributed by atoms with Crippen LogP contribution in [0.25, 0.3) is 0 Å². The minimum atomic E-state index is -0.566. The number of nitrogens with zero attached hydrogens (tertiary/aromatic N) is 1. The molecule has 8 heteroatoms. The summed E-state index contributed by atoms with van der Waals surface area (Å²) in [6.07, 6.45) is 2.05. The molecule has 0 aromatic carbocycles. The largest absolute Gasteiger partial charge is 0.465 e. The van der Waals surface area contributed by atoms with Crippen LogP contribution in [0.3, 0.4) is 0 Å². The molecule has 1 aliphatic rings. The van der Waals surface area contributed by atoms with Gasteiger partial charge in [-0.3, -0.25) is 4.79 Å². The topological polar surface area (TPSA) is 106 Å². The maximum Gasteiger partial charge on any atom is 0.344 e. The molecule has 1 saturated carbocycles. The summed E-state index contributed by atoms with van der Waals surface area (Å²) < 4.78 is 8.54. The lowest BCUT2D eigenvalue weighted by atomic mass is 10.2. The number of nitrogen functional groups attached to an aromatic ring is 1. The molecule has 0 bridgehead atoms. The summed E-state index contributed by atoms with van der Waals surface area (Å²) in [7, 11) is 1.27. The Bertz CT molecular complexity index is 498. The van der Waals surface area contributed by atoms with Gasteiger partial charge in [-0.1, -0.05) is 0 Å². The van der Waals surface area contributed by atoms with Gasteiger partial charge in [0.15, 0.2) is 5.82 Å². The van der Waals surface area contributed by atoms with Crippen LogP contribution in [-0.2, 0) is 9.53 Å². The van der Waals surface area contributed by atoms with Gasteiger partial charge in [-0.2, -0.15) is 4.37 Å². The van der Waals surface area contributed by atoms with E-state index in [9.17, 15) is 9.59 Å². The first-order valence-corrected chi connectivity index (χ1v) is 6.70. The van der Waals surface area contributed by atoms with Gasteiger partial charge in [0.1, 0.15) is 16.6 Å². The third-order valence-electron chi connectivity index (χ3n) is 2.77. The van der Waals surface area contributed by atoms with E-state index in [1.165, 1.54) is 7.11 Å². The van der Waals surface area contributed by atoms with Gasteiger partial charge in [-0.15, -0.1) is 0 Å². The predicted molar refractivity (Wildman–Crippen MR) is 72.1 cm³/mol. The maximum atomic E-state index is 11.8. The molecule has 1 aromatic heterocycles. The smallest absolute Gasteiger partial charge is 0.344 e. The zero-order valence-electron chi connectivity index (χ0n) is 10.7. The number of carbonyl (C=O) groups is 2. The molecule has 1 heterocycles. The Morgan fingerprint density at radius 1 is 1.53 bits per heavy atom. The van der Waals surface area contributed by atoms with Crippen molar-refractivity contribution in [3.8, 4) is 0 Å². The van der Waals surface area contributed by atoms with Crippen LogP contribution in [0.1, 0.15) is 30.1 Å². The Morgan fingerprint density at radius 3 is 2.79 bits per heavy atom. The number of rotatable bonds is 5.